The van der Waals surface area contributed by atoms with Crippen LogP contribution in [-0.4, -0.2) is 29.5 Å². The molecule has 1 saturated heterocycles. The Hall–Kier alpha value is -3.29. The van der Waals surface area contributed by atoms with Gasteiger partial charge in [-0.3, -0.25) is 0 Å². The lowest BCUT2D eigenvalue weighted by Gasteiger charge is -2.43. The molecule has 0 aromatic heterocycles. The summed E-state index contributed by atoms with van der Waals surface area (Å²) in [6.07, 6.45) is 11.7. The van der Waals surface area contributed by atoms with E-state index >= 15 is 0 Å². The van der Waals surface area contributed by atoms with Crippen molar-refractivity contribution in [3.05, 3.63) is 59.6 Å². The predicted octanol–water partition coefficient (Wildman–Crippen LogP) is 2.86. The fourth-order valence-corrected chi connectivity index (χ4v) is 2.95. The number of hydrogen-bond donors (Lipinski definition) is 0. The lowest BCUT2D eigenvalue weighted by molar-refractivity contribution is -0.399. The average Bonchev–Trinajstić information content (AvgIpc) is 2.75. The first-order valence-corrected chi connectivity index (χ1v) is 10.3. The van der Waals surface area contributed by atoms with Crippen LogP contribution in [0, 0.1) is 0 Å². The highest BCUT2D eigenvalue weighted by Gasteiger charge is 2.43. The number of rotatable bonds is 8. The van der Waals surface area contributed by atoms with Crippen LogP contribution in [0.15, 0.2) is 59.6 Å². The molecule has 0 aromatic rings. The molecular formula is C23H27O8-. The maximum absolute atomic E-state index is 12.1. The van der Waals surface area contributed by atoms with E-state index in [0.717, 1.165) is 0 Å². The van der Waals surface area contributed by atoms with Gasteiger partial charge in [-0.1, -0.05) is 58.1 Å². The van der Waals surface area contributed by atoms with Crippen molar-refractivity contribution in [1.29, 1.82) is 0 Å². The SMILES string of the molecule is CCC1(CC)OC(=O)C(=C/C=C/C=C/C=C/C2=C([O-])OC(CC)(CC)OC2=O)C(=O)O1. The molecule has 8 nitrogen and oxygen atoms in total. The first kappa shape index (κ1) is 24.0. The minimum absolute atomic E-state index is 0.198. The third-order valence-corrected chi connectivity index (χ3v) is 5.12. The van der Waals surface area contributed by atoms with Crippen molar-refractivity contribution >= 4 is 17.9 Å². The minimum Gasteiger partial charge on any atom is -0.574 e. The summed E-state index contributed by atoms with van der Waals surface area (Å²) in [5.41, 5.74) is -0.396. The molecule has 1 fully saturated rings. The van der Waals surface area contributed by atoms with Crippen molar-refractivity contribution in [1.82, 2.24) is 0 Å². The number of ether oxygens (including phenoxy) is 4. The summed E-state index contributed by atoms with van der Waals surface area (Å²) in [5, 5.41) is 12.1. The molecule has 0 saturated carbocycles. The van der Waals surface area contributed by atoms with E-state index in [4.69, 9.17) is 18.9 Å². The van der Waals surface area contributed by atoms with Crippen molar-refractivity contribution in [3.8, 4) is 0 Å². The highest BCUT2D eigenvalue weighted by atomic mass is 16.8. The minimum atomic E-state index is -1.20. The van der Waals surface area contributed by atoms with E-state index in [2.05, 4.69) is 0 Å². The molecule has 168 valence electrons. The second-order valence-electron chi connectivity index (χ2n) is 6.92. The zero-order valence-electron chi connectivity index (χ0n) is 18.1. The normalized spacial score (nSPS) is 20.8. The molecule has 31 heavy (non-hydrogen) atoms. The number of esters is 3. The Morgan fingerprint density at radius 3 is 1.65 bits per heavy atom. The Bertz CT molecular complexity index is 842. The summed E-state index contributed by atoms with van der Waals surface area (Å²) >= 11 is 0. The Morgan fingerprint density at radius 2 is 1.13 bits per heavy atom. The topological polar surface area (TPSA) is 111 Å². The van der Waals surface area contributed by atoms with Gasteiger partial charge in [0.1, 0.15) is 5.57 Å². The van der Waals surface area contributed by atoms with Gasteiger partial charge >= 0.3 is 17.9 Å². The highest BCUT2D eigenvalue weighted by Crippen LogP contribution is 2.31. The molecule has 2 heterocycles. The van der Waals surface area contributed by atoms with Gasteiger partial charge < -0.3 is 24.1 Å². The van der Waals surface area contributed by atoms with Crippen LogP contribution in [0.4, 0.5) is 0 Å². The van der Waals surface area contributed by atoms with Crippen molar-refractivity contribution in [3.63, 3.8) is 0 Å². The predicted molar refractivity (Wildman–Crippen MR) is 109 cm³/mol. The molecule has 0 radical (unpaired) electrons. The lowest BCUT2D eigenvalue weighted by atomic mass is 10.1. The van der Waals surface area contributed by atoms with Crippen molar-refractivity contribution in [2.24, 2.45) is 0 Å². The monoisotopic (exact) mass is 431 g/mol. The highest BCUT2D eigenvalue weighted by molar-refractivity contribution is 6.15. The smallest absolute Gasteiger partial charge is 0.348 e. The summed E-state index contributed by atoms with van der Waals surface area (Å²) in [5.74, 6) is -5.31. The molecule has 0 spiro atoms. The van der Waals surface area contributed by atoms with Gasteiger partial charge in [-0.05, 0) is 25.0 Å². The van der Waals surface area contributed by atoms with Crippen LogP contribution in [0.3, 0.4) is 0 Å². The van der Waals surface area contributed by atoms with Gasteiger partial charge in [-0.25, -0.2) is 14.4 Å². The maximum atomic E-state index is 12.1. The second kappa shape index (κ2) is 10.1. The summed E-state index contributed by atoms with van der Waals surface area (Å²) < 4.78 is 21.1. The summed E-state index contributed by atoms with van der Waals surface area (Å²) in [7, 11) is 0. The molecule has 0 atom stereocenters. The molecule has 8 heteroatoms. The number of allylic oxidation sites excluding steroid dienone is 6. The molecular weight excluding hydrogens is 404 g/mol. The Morgan fingerprint density at radius 1 is 0.677 bits per heavy atom. The molecule has 0 amide bonds. The van der Waals surface area contributed by atoms with Gasteiger partial charge in [-0.15, -0.1) is 0 Å². The first-order valence-electron chi connectivity index (χ1n) is 10.3. The Balaban J connectivity index is 1.99. The first-order chi connectivity index (χ1) is 14.7. The van der Waals surface area contributed by atoms with Crippen LogP contribution in [0.5, 0.6) is 0 Å². The van der Waals surface area contributed by atoms with Gasteiger partial charge in [0.05, 0.1) is 11.5 Å². The van der Waals surface area contributed by atoms with Crippen LogP contribution in [-0.2, 0) is 33.3 Å². The van der Waals surface area contributed by atoms with E-state index in [1.165, 1.54) is 24.3 Å². The van der Waals surface area contributed by atoms with Crippen LogP contribution in [0.25, 0.3) is 0 Å². The van der Waals surface area contributed by atoms with E-state index in [0.29, 0.717) is 25.7 Å². The number of cyclic esters (lactones) is 3. The van der Waals surface area contributed by atoms with Crippen LogP contribution in [0.2, 0.25) is 0 Å². The number of carbonyl (C=O) groups is 3. The summed E-state index contributed by atoms with van der Waals surface area (Å²) in [6, 6.07) is 0. The zero-order chi connectivity index (χ0) is 23.1. The van der Waals surface area contributed by atoms with Gasteiger partial charge in [0.15, 0.2) is 5.79 Å². The van der Waals surface area contributed by atoms with E-state index in [1.54, 1.807) is 45.9 Å². The molecule has 2 aliphatic rings. The average molecular weight is 431 g/mol. The van der Waals surface area contributed by atoms with Crippen LogP contribution < -0.4 is 5.11 Å². The van der Waals surface area contributed by atoms with Crippen molar-refractivity contribution in [2.75, 3.05) is 0 Å². The molecule has 0 aromatic carbocycles. The van der Waals surface area contributed by atoms with E-state index in [-0.39, 0.29) is 11.1 Å². The van der Waals surface area contributed by atoms with Crippen LogP contribution in [0.1, 0.15) is 53.4 Å². The second-order valence-corrected chi connectivity index (χ2v) is 6.92. The Labute approximate surface area is 181 Å². The van der Waals surface area contributed by atoms with Crippen LogP contribution >= 0.6 is 0 Å². The lowest BCUT2D eigenvalue weighted by Crippen LogP contribution is -2.45. The third-order valence-electron chi connectivity index (χ3n) is 5.12. The van der Waals surface area contributed by atoms with Gasteiger partial charge in [-0.2, -0.15) is 0 Å². The molecule has 0 unspecified atom stereocenters. The maximum Gasteiger partial charge on any atom is 0.348 e. The quantitative estimate of drug-likeness (QED) is 0.250. The van der Waals surface area contributed by atoms with E-state index in [9.17, 15) is 19.5 Å². The zero-order valence-corrected chi connectivity index (χ0v) is 18.1. The van der Waals surface area contributed by atoms with Gasteiger partial charge in [0.2, 0.25) is 0 Å². The van der Waals surface area contributed by atoms with Gasteiger partial charge in [0, 0.05) is 12.8 Å². The largest absolute Gasteiger partial charge is 0.574 e. The van der Waals surface area contributed by atoms with Crippen molar-refractivity contribution < 1.29 is 38.4 Å². The summed E-state index contributed by atoms with van der Waals surface area (Å²) in [6.45, 7) is 7.08. The Kier molecular flexibility index (Phi) is 7.85. The fourth-order valence-electron chi connectivity index (χ4n) is 2.95. The van der Waals surface area contributed by atoms with E-state index < -0.39 is 35.4 Å². The third kappa shape index (κ3) is 5.45. The summed E-state index contributed by atoms with van der Waals surface area (Å²) in [4.78, 5) is 36.3. The van der Waals surface area contributed by atoms with Crippen molar-refractivity contribution in [2.45, 2.75) is 65.0 Å². The van der Waals surface area contributed by atoms with Gasteiger partial charge in [0.25, 0.3) is 5.79 Å². The molecule has 0 bridgehead atoms. The number of hydrogen-bond acceptors (Lipinski definition) is 8. The fraction of sp³-hybridized carbons (Fsp3) is 0.435. The molecule has 2 rings (SSSR count). The van der Waals surface area contributed by atoms with E-state index in [1.807, 2.05) is 0 Å². The molecule has 0 aliphatic carbocycles. The molecule has 0 N–H and O–H groups in total. The molecule has 2 aliphatic heterocycles. The number of carbonyl (C=O) groups excluding carboxylic acids is 3. The standard InChI is InChI=1S/C23H28O8/c1-5-22(6-2)28-18(24)16(19(25)29-22)14-12-10-9-11-13-15-17-20(26)30-23(7-3,8-4)31-21(17)27/h9-15,24H,5-8H2,1-4H3/p-1/b10-9+,13-11+,14-12+.